The van der Waals surface area contributed by atoms with Gasteiger partial charge in [-0.3, -0.25) is 4.79 Å². The van der Waals surface area contributed by atoms with Crippen LogP contribution in [0.5, 0.6) is 0 Å². The maximum atomic E-state index is 13.5. The Labute approximate surface area is 286 Å². The molecule has 3 aliphatic rings. The lowest BCUT2D eigenvalue weighted by molar-refractivity contribution is -0.166. The van der Waals surface area contributed by atoms with E-state index in [0.29, 0.717) is 42.0 Å². The number of halogens is 8. The first-order valence-electron chi connectivity index (χ1n) is 15.9. The fraction of sp³-hybridized carbons (Fsp3) is 0.606. The average molecular weight is 724 g/mol. The normalized spacial score (nSPS) is 21.1. The van der Waals surface area contributed by atoms with Crippen molar-refractivity contribution in [3.05, 3.63) is 57.1 Å². The van der Waals surface area contributed by atoms with Crippen molar-refractivity contribution in [1.82, 2.24) is 9.80 Å². The van der Waals surface area contributed by atoms with Gasteiger partial charge in [0, 0.05) is 31.0 Å². The summed E-state index contributed by atoms with van der Waals surface area (Å²) in [5.41, 5.74) is -0.560. The number of carbonyl (C=O) groups excluding carboxylic acids is 1. The number of rotatable bonds is 13. The van der Waals surface area contributed by atoms with Crippen molar-refractivity contribution in [2.24, 2.45) is 17.0 Å². The molecule has 15 heteroatoms. The molecule has 0 aromatic heterocycles. The molecule has 1 amide bonds. The summed E-state index contributed by atoms with van der Waals surface area (Å²) in [7, 11) is 0. The van der Waals surface area contributed by atoms with Crippen LogP contribution in [0.3, 0.4) is 0 Å². The van der Waals surface area contributed by atoms with Crippen molar-refractivity contribution in [2.45, 2.75) is 63.2 Å². The smallest absolute Gasteiger partial charge is 0.380 e. The number of benzene rings is 1. The Bertz CT molecular complexity index is 1400. The number of nitriles is 1. The van der Waals surface area contributed by atoms with E-state index in [-0.39, 0.29) is 35.4 Å². The number of nitrogens with zero attached hydrogens (tertiary/aromatic N) is 4. The standard InChI is InChI=1S/C33H38Cl2F6N4O3/c34-28-5-4-24(17-29(28)35)27(8-13-44-11-6-22(7-12-44)19-45-10-2-1-3-31(45)46)30(43-48-14-9-42)21-47-20-23-15-25(32(36,37)38)18-26(16-23)33(39,40)41/h4-5,15-17,22,25,27H,1-3,6-8,10-14,18-21H2/b43-30+. The maximum Gasteiger partial charge on any atom is 0.412 e. The second-order valence-corrected chi connectivity index (χ2v) is 13.2. The van der Waals surface area contributed by atoms with Crippen LogP contribution >= 0.6 is 23.2 Å². The number of oxime groups is 1. The van der Waals surface area contributed by atoms with E-state index < -0.39 is 42.8 Å². The molecule has 0 bridgehead atoms. The second kappa shape index (κ2) is 17.2. The molecule has 0 N–H and O–H groups in total. The van der Waals surface area contributed by atoms with Crippen LogP contribution in [0.25, 0.3) is 0 Å². The Morgan fingerprint density at radius 2 is 1.83 bits per heavy atom. The summed E-state index contributed by atoms with van der Waals surface area (Å²) in [4.78, 5) is 21.7. The van der Waals surface area contributed by atoms with Crippen molar-refractivity contribution in [3.8, 4) is 6.07 Å². The van der Waals surface area contributed by atoms with Crippen molar-refractivity contribution < 1.29 is 40.7 Å². The molecule has 2 unspecified atom stereocenters. The molecular formula is C33H38Cl2F6N4O3. The quantitative estimate of drug-likeness (QED) is 0.0890. The van der Waals surface area contributed by atoms with Crippen LogP contribution in [0.4, 0.5) is 26.3 Å². The van der Waals surface area contributed by atoms with E-state index in [1.165, 1.54) is 0 Å². The van der Waals surface area contributed by atoms with Crippen LogP contribution in [0.2, 0.25) is 10.0 Å². The topological polar surface area (TPSA) is 78.2 Å². The third-order valence-corrected chi connectivity index (χ3v) is 9.66. The number of likely N-dealkylation sites (tertiary alicyclic amines) is 2. The van der Waals surface area contributed by atoms with Crippen LogP contribution in [0.15, 0.2) is 46.7 Å². The molecule has 48 heavy (non-hydrogen) atoms. The Balaban J connectivity index is 1.46. The van der Waals surface area contributed by atoms with Crippen molar-refractivity contribution in [1.29, 1.82) is 5.26 Å². The number of hydrogen-bond acceptors (Lipinski definition) is 6. The third-order valence-electron chi connectivity index (χ3n) is 8.92. The number of allylic oxidation sites excluding steroid dienone is 2. The van der Waals surface area contributed by atoms with Crippen LogP contribution in [-0.4, -0.2) is 86.3 Å². The number of carbonyl (C=O) groups is 1. The van der Waals surface area contributed by atoms with Crippen molar-refractivity contribution in [2.75, 3.05) is 52.5 Å². The minimum absolute atomic E-state index is 0.220. The number of ether oxygens (including phenoxy) is 1. The van der Waals surface area contributed by atoms with Gasteiger partial charge in [0.15, 0.2) is 0 Å². The van der Waals surface area contributed by atoms with Gasteiger partial charge in [-0.15, -0.1) is 0 Å². The molecular weight excluding hydrogens is 685 g/mol. The molecule has 0 radical (unpaired) electrons. The second-order valence-electron chi connectivity index (χ2n) is 12.4. The van der Waals surface area contributed by atoms with Gasteiger partial charge in [-0.25, -0.2) is 0 Å². The molecule has 4 rings (SSSR count). The minimum atomic E-state index is -4.92. The van der Waals surface area contributed by atoms with Crippen molar-refractivity contribution in [3.63, 3.8) is 0 Å². The molecule has 2 heterocycles. The monoisotopic (exact) mass is 722 g/mol. The lowest BCUT2D eigenvalue weighted by Crippen LogP contribution is -2.43. The summed E-state index contributed by atoms with van der Waals surface area (Å²) in [6, 6.07) is 6.83. The maximum absolute atomic E-state index is 13.5. The molecule has 1 aromatic rings. The summed E-state index contributed by atoms with van der Waals surface area (Å²) in [6.07, 6.45) is -4.60. The predicted molar refractivity (Wildman–Crippen MR) is 170 cm³/mol. The number of alkyl halides is 6. The fourth-order valence-corrected chi connectivity index (χ4v) is 6.62. The van der Waals surface area contributed by atoms with E-state index in [0.717, 1.165) is 57.9 Å². The summed E-state index contributed by atoms with van der Waals surface area (Å²) in [6.45, 7) is 2.60. The van der Waals surface area contributed by atoms with Gasteiger partial charge in [0.1, 0.15) is 6.07 Å². The molecule has 0 saturated carbocycles. The van der Waals surface area contributed by atoms with Gasteiger partial charge >= 0.3 is 12.4 Å². The summed E-state index contributed by atoms with van der Waals surface area (Å²) in [5, 5.41) is 13.7. The highest BCUT2D eigenvalue weighted by Crippen LogP contribution is 2.41. The van der Waals surface area contributed by atoms with E-state index in [9.17, 15) is 31.1 Å². The van der Waals surface area contributed by atoms with Crippen LogP contribution < -0.4 is 0 Å². The summed E-state index contributed by atoms with van der Waals surface area (Å²) in [5.74, 6) is -2.15. The van der Waals surface area contributed by atoms with Gasteiger partial charge in [0.2, 0.25) is 12.5 Å². The molecule has 2 aliphatic heterocycles. The zero-order chi connectivity index (χ0) is 34.9. The zero-order valence-corrected chi connectivity index (χ0v) is 27.8. The van der Waals surface area contributed by atoms with Gasteiger partial charge in [0.25, 0.3) is 0 Å². The number of amides is 1. The first kappa shape index (κ1) is 38.0. The predicted octanol–water partition coefficient (Wildman–Crippen LogP) is 8.10. The minimum Gasteiger partial charge on any atom is -0.380 e. The molecule has 1 aromatic carbocycles. The SMILES string of the molecule is N#CCO/N=C(\COCC1=CC(C(F)(F)F)CC(C(F)(F)F)=C1)C(CCN1CCC(CN2CCCCC2=O)CC1)c1ccc(Cl)c(Cl)c1. The van der Waals surface area contributed by atoms with E-state index in [4.69, 9.17) is 38.0 Å². The Morgan fingerprint density at radius 3 is 2.48 bits per heavy atom. The van der Waals surface area contributed by atoms with Crippen LogP contribution in [-0.2, 0) is 14.4 Å². The molecule has 7 nitrogen and oxygen atoms in total. The molecule has 1 aliphatic carbocycles. The Kier molecular flexibility index (Phi) is 13.6. The van der Waals surface area contributed by atoms with Crippen molar-refractivity contribution >= 4 is 34.8 Å². The van der Waals surface area contributed by atoms with Gasteiger partial charge in [-0.2, -0.15) is 31.6 Å². The van der Waals surface area contributed by atoms with Crippen LogP contribution in [0.1, 0.15) is 56.4 Å². The molecule has 2 fully saturated rings. The van der Waals surface area contributed by atoms with E-state index >= 15 is 0 Å². The van der Waals surface area contributed by atoms with Gasteiger partial charge in [0.05, 0.1) is 34.9 Å². The van der Waals surface area contributed by atoms with Gasteiger partial charge < -0.3 is 19.4 Å². The molecule has 2 atom stereocenters. The highest BCUT2D eigenvalue weighted by Gasteiger charge is 2.45. The van der Waals surface area contributed by atoms with E-state index in [1.54, 1.807) is 18.2 Å². The molecule has 0 spiro atoms. The third kappa shape index (κ3) is 11.1. The first-order valence-corrected chi connectivity index (χ1v) is 16.6. The summed E-state index contributed by atoms with van der Waals surface area (Å²) < 4.78 is 86.3. The lowest BCUT2D eigenvalue weighted by Gasteiger charge is -2.36. The van der Waals surface area contributed by atoms with E-state index in [2.05, 4.69) is 10.1 Å². The van der Waals surface area contributed by atoms with Gasteiger partial charge in [-0.1, -0.05) is 40.5 Å². The lowest BCUT2D eigenvalue weighted by atomic mass is 9.89. The Morgan fingerprint density at radius 1 is 1.08 bits per heavy atom. The van der Waals surface area contributed by atoms with Crippen LogP contribution in [0, 0.1) is 23.2 Å². The number of piperidine rings is 2. The molecule has 264 valence electrons. The van der Waals surface area contributed by atoms with E-state index in [1.807, 2.05) is 11.0 Å². The summed E-state index contributed by atoms with van der Waals surface area (Å²) >= 11 is 12.5. The number of hydrogen-bond donors (Lipinski definition) is 0. The zero-order valence-electron chi connectivity index (χ0n) is 26.3. The first-order chi connectivity index (χ1) is 22.7. The average Bonchev–Trinajstić information content (AvgIpc) is 3.03. The highest BCUT2D eigenvalue weighted by atomic mass is 35.5. The van der Waals surface area contributed by atoms with Gasteiger partial charge in [-0.05, 0) is 93.4 Å². The highest BCUT2D eigenvalue weighted by molar-refractivity contribution is 6.42. The molecule has 2 saturated heterocycles. The largest absolute Gasteiger partial charge is 0.412 e. The Hall–Kier alpha value is -2.79. The fourth-order valence-electron chi connectivity index (χ4n) is 6.32.